The molecule has 35 heavy (non-hydrogen) atoms. The van der Waals surface area contributed by atoms with E-state index in [1.807, 2.05) is 5.32 Å². The number of carbonyl (C=O) groups excluding carboxylic acids is 6. The van der Waals surface area contributed by atoms with E-state index in [1.54, 1.807) is 0 Å². The maximum Gasteiger partial charge on any atom is 0.326 e. The lowest BCUT2D eigenvalue weighted by Crippen LogP contribution is -2.57. The molecule has 0 rings (SSSR count). The number of primary amides is 3. The molecule has 0 aromatic heterocycles. The molecule has 0 spiro atoms. The van der Waals surface area contributed by atoms with Crippen LogP contribution < -0.4 is 38.9 Å². The second-order valence-corrected chi connectivity index (χ2v) is 7.41. The van der Waals surface area contributed by atoms with Crippen LogP contribution in [0.2, 0.25) is 0 Å². The summed E-state index contributed by atoms with van der Waals surface area (Å²) in [5.41, 5.74) is 20.5. The average molecular weight is 503 g/mol. The number of nitrogens with one attached hydrogen (secondary N) is 3. The third kappa shape index (κ3) is 13.1. The highest BCUT2D eigenvalue weighted by Gasteiger charge is 2.31. The van der Waals surface area contributed by atoms with Crippen LogP contribution >= 0.6 is 0 Å². The molecule has 17 nitrogen and oxygen atoms in total. The van der Waals surface area contributed by atoms with Crippen LogP contribution in [-0.4, -0.2) is 81.8 Å². The summed E-state index contributed by atoms with van der Waals surface area (Å²) in [6.07, 6.45) is -3.23. The monoisotopic (exact) mass is 503 g/mol. The Morgan fingerprint density at radius 1 is 0.600 bits per heavy atom. The summed E-state index contributed by atoms with van der Waals surface area (Å²) in [6, 6.07) is -6.33. The molecule has 0 bridgehead atoms. The van der Waals surface area contributed by atoms with Crippen LogP contribution in [-0.2, 0) is 38.4 Å². The molecule has 4 atom stereocenters. The van der Waals surface area contributed by atoms with Crippen LogP contribution in [0.1, 0.15) is 38.5 Å². The fourth-order valence-corrected chi connectivity index (χ4v) is 2.63. The topological polar surface area (TPSA) is 317 Å². The number of carboxylic acid groups (broad SMARTS) is 2. The van der Waals surface area contributed by atoms with Gasteiger partial charge in [0.2, 0.25) is 35.4 Å². The normalized spacial score (nSPS) is 13.9. The van der Waals surface area contributed by atoms with E-state index in [0.717, 1.165) is 0 Å². The Morgan fingerprint density at radius 2 is 1.03 bits per heavy atom. The predicted molar refractivity (Wildman–Crippen MR) is 114 cm³/mol. The van der Waals surface area contributed by atoms with E-state index in [2.05, 4.69) is 10.6 Å². The van der Waals surface area contributed by atoms with Gasteiger partial charge in [-0.1, -0.05) is 0 Å². The molecular weight excluding hydrogens is 474 g/mol. The Morgan fingerprint density at radius 3 is 1.43 bits per heavy atom. The first-order chi connectivity index (χ1) is 16.1. The zero-order chi connectivity index (χ0) is 27.3. The molecule has 196 valence electrons. The fourth-order valence-electron chi connectivity index (χ4n) is 2.63. The third-order valence-corrected chi connectivity index (χ3v) is 4.37. The Kier molecular flexibility index (Phi) is 13.0. The number of hydrogen-bond donors (Lipinski definition) is 9. The maximum atomic E-state index is 12.8. The van der Waals surface area contributed by atoms with Crippen LogP contribution in [0.4, 0.5) is 0 Å². The van der Waals surface area contributed by atoms with Gasteiger partial charge in [0, 0.05) is 12.8 Å². The van der Waals surface area contributed by atoms with Gasteiger partial charge >= 0.3 is 11.9 Å². The molecule has 0 radical (unpaired) electrons. The molecule has 6 amide bonds. The van der Waals surface area contributed by atoms with Gasteiger partial charge in [-0.25, -0.2) is 4.79 Å². The van der Waals surface area contributed by atoms with Crippen molar-refractivity contribution in [3.8, 4) is 0 Å². The van der Waals surface area contributed by atoms with E-state index in [9.17, 15) is 38.4 Å². The minimum Gasteiger partial charge on any atom is -0.481 e. The van der Waals surface area contributed by atoms with Crippen molar-refractivity contribution in [3.63, 3.8) is 0 Å². The molecule has 0 aliphatic carbocycles. The second kappa shape index (κ2) is 14.8. The molecule has 17 heteroatoms. The largest absolute Gasteiger partial charge is 0.481 e. The molecule has 0 aliphatic heterocycles. The number of hydrogen-bond acceptors (Lipinski definition) is 9. The highest BCUT2D eigenvalue weighted by Crippen LogP contribution is 2.05. The fraction of sp³-hybridized carbons (Fsp3) is 0.556. The standard InChI is InChI=1S/C18H29N7O10/c19-7(5-12(21)27)15(31)23-9(2-4-14(29)30)16(32)24-8(1-3-11(20)26)17(33)25-10(18(34)35)6-13(22)28/h7-10H,1-6,19H2,(H2,20,26)(H2,21,27)(H2,22,28)(H,23,31)(H,24,32)(H,25,33)(H,29,30)(H,34,35). The minimum atomic E-state index is -1.75. The number of carbonyl (C=O) groups is 8. The maximum absolute atomic E-state index is 12.8. The number of amides is 6. The van der Waals surface area contributed by atoms with Gasteiger partial charge < -0.3 is 49.1 Å². The van der Waals surface area contributed by atoms with E-state index < -0.39 is 110 Å². The van der Waals surface area contributed by atoms with Crippen molar-refractivity contribution < 1.29 is 48.6 Å². The van der Waals surface area contributed by atoms with E-state index in [0.29, 0.717) is 0 Å². The van der Waals surface area contributed by atoms with Crippen LogP contribution in [0.5, 0.6) is 0 Å². The summed E-state index contributed by atoms with van der Waals surface area (Å²) >= 11 is 0. The van der Waals surface area contributed by atoms with Gasteiger partial charge in [0.15, 0.2) is 0 Å². The summed E-state index contributed by atoms with van der Waals surface area (Å²) in [5, 5.41) is 24.4. The van der Waals surface area contributed by atoms with E-state index >= 15 is 0 Å². The minimum absolute atomic E-state index is 0.406. The molecule has 0 aliphatic rings. The lowest BCUT2D eigenvalue weighted by Gasteiger charge is -2.24. The zero-order valence-electron chi connectivity index (χ0n) is 18.5. The van der Waals surface area contributed by atoms with Crippen molar-refractivity contribution in [3.05, 3.63) is 0 Å². The van der Waals surface area contributed by atoms with Crippen LogP contribution in [0.15, 0.2) is 0 Å². The second-order valence-electron chi connectivity index (χ2n) is 7.41. The van der Waals surface area contributed by atoms with Crippen molar-refractivity contribution in [2.24, 2.45) is 22.9 Å². The number of rotatable bonds is 17. The van der Waals surface area contributed by atoms with Gasteiger partial charge in [-0.05, 0) is 12.8 Å². The smallest absolute Gasteiger partial charge is 0.326 e. The van der Waals surface area contributed by atoms with Gasteiger partial charge in [0.05, 0.1) is 18.9 Å². The number of carboxylic acids is 2. The Balaban J connectivity index is 5.67. The van der Waals surface area contributed by atoms with Crippen molar-refractivity contribution in [2.45, 2.75) is 62.7 Å². The first-order valence-electron chi connectivity index (χ1n) is 10.1. The summed E-state index contributed by atoms with van der Waals surface area (Å²) in [6.45, 7) is 0. The number of aliphatic carboxylic acids is 2. The first-order valence-corrected chi connectivity index (χ1v) is 10.1. The number of nitrogens with two attached hydrogens (primary N) is 4. The van der Waals surface area contributed by atoms with Gasteiger partial charge in [-0.2, -0.15) is 0 Å². The van der Waals surface area contributed by atoms with Crippen LogP contribution in [0, 0.1) is 0 Å². The van der Waals surface area contributed by atoms with Crippen molar-refractivity contribution in [1.82, 2.24) is 16.0 Å². The van der Waals surface area contributed by atoms with Crippen molar-refractivity contribution in [1.29, 1.82) is 0 Å². The van der Waals surface area contributed by atoms with E-state index in [-0.39, 0.29) is 0 Å². The van der Waals surface area contributed by atoms with Gasteiger partial charge in [-0.3, -0.25) is 33.6 Å². The summed E-state index contributed by atoms with van der Waals surface area (Å²) in [7, 11) is 0. The molecule has 0 fully saturated rings. The zero-order valence-corrected chi connectivity index (χ0v) is 18.5. The summed E-state index contributed by atoms with van der Waals surface area (Å²) in [4.78, 5) is 92.9. The lowest BCUT2D eigenvalue weighted by molar-refractivity contribution is -0.144. The molecule has 0 aromatic carbocycles. The SMILES string of the molecule is NC(=O)CCC(NC(=O)C(CCC(=O)O)NC(=O)C(N)CC(N)=O)C(=O)NC(CC(N)=O)C(=O)O. The van der Waals surface area contributed by atoms with Gasteiger partial charge in [0.1, 0.15) is 18.1 Å². The van der Waals surface area contributed by atoms with Crippen molar-refractivity contribution in [2.75, 3.05) is 0 Å². The van der Waals surface area contributed by atoms with Crippen molar-refractivity contribution >= 4 is 47.4 Å². The predicted octanol–water partition coefficient (Wildman–Crippen LogP) is -5.27. The summed E-state index contributed by atoms with van der Waals surface area (Å²) in [5.74, 6) is -8.97. The first kappa shape index (κ1) is 30.7. The third-order valence-electron chi connectivity index (χ3n) is 4.37. The molecule has 13 N–H and O–H groups in total. The highest BCUT2D eigenvalue weighted by atomic mass is 16.4. The van der Waals surface area contributed by atoms with Gasteiger partial charge in [-0.15, -0.1) is 0 Å². The Labute approximate surface area is 198 Å². The highest BCUT2D eigenvalue weighted by molar-refractivity contribution is 5.96. The summed E-state index contributed by atoms with van der Waals surface area (Å²) < 4.78 is 0. The molecular formula is C18H29N7O10. The molecule has 4 unspecified atom stereocenters. The van der Waals surface area contributed by atoms with Crippen LogP contribution in [0.25, 0.3) is 0 Å². The molecule has 0 aromatic rings. The van der Waals surface area contributed by atoms with Crippen LogP contribution in [0.3, 0.4) is 0 Å². The van der Waals surface area contributed by atoms with E-state index in [1.165, 1.54) is 0 Å². The van der Waals surface area contributed by atoms with Gasteiger partial charge in [0.25, 0.3) is 0 Å². The quantitative estimate of drug-likeness (QED) is 0.0902. The average Bonchev–Trinajstić information content (AvgIpc) is 2.71. The van der Waals surface area contributed by atoms with E-state index in [4.69, 9.17) is 33.1 Å². The lowest BCUT2D eigenvalue weighted by atomic mass is 10.1. The molecule has 0 saturated heterocycles. The Bertz CT molecular complexity index is 863. The Hall–Kier alpha value is -4.28. The molecule has 0 saturated carbocycles. The molecule has 0 heterocycles.